The lowest BCUT2D eigenvalue weighted by Crippen LogP contribution is -2.21. The zero-order valence-corrected chi connectivity index (χ0v) is 11.9. The third-order valence-corrected chi connectivity index (χ3v) is 3.57. The molecule has 0 spiro atoms. The maximum Gasteiger partial charge on any atom is 0.274 e. The molecule has 110 valence electrons. The Balaban J connectivity index is 1.70. The number of hydrogen-bond donors (Lipinski definition) is 1. The normalized spacial score (nSPS) is 16.1. The molecule has 1 fully saturated rings. The first-order valence-electron chi connectivity index (χ1n) is 7.23. The number of ether oxygens (including phenoxy) is 1. The van der Waals surface area contributed by atoms with Gasteiger partial charge in [-0.15, -0.1) is 0 Å². The van der Waals surface area contributed by atoms with E-state index in [1.165, 1.54) is 12.8 Å². The highest BCUT2D eigenvalue weighted by Crippen LogP contribution is 2.28. The lowest BCUT2D eigenvalue weighted by Gasteiger charge is -2.14. The quantitative estimate of drug-likeness (QED) is 0.428. The highest BCUT2D eigenvalue weighted by atomic mass is 16.6. The van der Waals surface area contributed by atoms with Crippen LogP contribution in [0.4, 0.5) is 5.69 Å². The molecule has 0 bridgehead atoms. The highest BCUT2D eigenvalue weighted by Gasteiger charge is 2.21. The van der Waals surface area contributed by atoms with Crippen molar-refractivity contribution in [1.29, 1.82) is 0 Å². The fraction of sp³-hybridized carbons (Fsp3) is 0.600. The zero-order chi connectivity index (χ0) is 14.4. The summed E-state index contributed by atoms with van der Waals surface area (Å²) >= 11 is 0. The molecule has 1 aromatic rings. The fourth-order valence-corrected chi connectivity index (χ4v) is 2.16. The third kappa shape index (κ3) is 4.58. The molecule has 1 saturated carbocycles. The molecule has 0 amide bonds. The van der Waals surface area contributed by atoms with E-state index in [1.807, 2.05) is 13.0 Å². The summed E-state index contributed by atoms with van der Waals surface area (Å²) in [5.41, 5.74) is 0.911. The number of hydrogen-bond acceptors (Lipinski definition) is 4. The summed E-state index contributed by atoms with van der Waals surface area (Å²) < 4.78 is 5.56. The molecule has 0 saturated heterocycles. The van der Waals surface area contributed by atoms with E-state index in [1.54, 1.807) is 18.2 Å². The van der Waals surface area contributed by atoms with E-state index < -0.39 is 0 Å². The molecule has 1 aromatic carbocycles. The predicted molar refractivity (Wildman–Crippen MR) is 77.7 cm³/mol. The molecule has 1 unspecified atom stereocenters. The van der Waals surface area contributed by atoms with Crippen LogP contribution in [-0.2, 0) is 4.74 Å². The van der Waals surface area contributed by atoms with Crippen LogP contribution in [0.15, 0.2) is 24.3 Å². The van der Waals surface area contributed by atoms with E-state index in [0.29, 0.717) is 0 Å². The molecule has 5 heteroatoms. The van der Waals surface area contributed by atoms with Gasteiger partial charge in [0.1, 0.15) is 0 Å². The van der Waals surface area contributed by atoms with Gasteiger partial charge in [-0.1, -0.05) is 18.2 Å². The van der Waals surface area contributed by atoms with Crippen LogP contribution in [0.1, 0.15) is 37.8 Å². The van der Waals surface area contributed by atoms with Crippen LogP contribution in [0.5, 0.6) is 0 Å². The Hall–Kier alpha value is -1.46. The van der Waals surface area contributed by atoms with Gasteiger partial charge >= 0.3 is 0 Å². The van der Waals surface area contributed by atoms with E-state index in [4.69, 9.17) is 4.74 Å². The Labute approximate surface area is 119 Å². The third-order valence-electron chi connectivity index (χ3n) is 3.57. The first-order chi connectivity index (χ1) is 9.68. The largest absolute Gasteiger partial charge is 0.381 e. The van der Waals surface area contributed by atoms with Gasteiger partial charge in [0.2, 0.25) is 0 Å². The van der Waals surface area contributed by atoms with Crippen LogP contribution in [0, 0.1) is 16.0 Å². The minimum Gasteiger partial charge on any atom is -0.381 e. The van der Waals surface area contributed by atoms with Crippen molar-refractivity contribution in [2.75, 3.05) is 19.8 Å². The first kappa shape index (κ1) is 14.9. The average Bonchev–Trinajstić information content (AvgIpc) is 3.26. The van der Waals surface area contributed by atoms with Crippen LogP contribution in [0.2, 0.25) is 0 Å². The molecule has 1 aliphatic rings. The van der Waals surface area contributed by atoms with Gasteiger partial charge in [-0.2, -0.15) is 0 Å². The van der Waals surface area contributed by atoms with Crippen molar-refractivity contribution in [2.45, 2.75) is 32.2 Å². The van der Waals surface area contributed by atoms with Crippen LogP contribution in [0.25, 0.3) is 0 Å². The van der Waals surface area contributed by atoms with Crippen LogP contribution in [0.3, 0.4) is 0 Å². The maximum atomic E-state index is 11.0. The molecule has 1 atom stereocenters. The van der Waals surface area contributed by atoms with Gasteiger partial charge in [0.05, 0.1) is 4.92 Å². The topological polar surface area (TPSA) is 64.4 Å². The average molecular weight is 278 g/mol. The van der Waals surface area contributed by atoms with Gasteiger partial charge in [-0.3, -0.25) is 10.1 Å². The van der Waals surface area contributed by atoms with Crippen LogP contribution < -0.4 is 5.32 Å². The van der Waals surface area contributed by atoms with Gasteiger partial charge in [-0.05, 0) is 38.6 Å². The second-order valence-electron chi connectivity index (χ2n) is 5.36. The Morgan fingerprint density at radius 1 is 1.45 bits per heavy atom. The molecule has 0 heterocycles. The van der Waals surface area contributed by atoms with Gasteiger partial charge in [0.25, 0.3) is 5.69 Å². The van der Waals surface area contributed by atoms with E-state index in [2.05, 4.69) is 5.32 Å². The molecular formula is C15H22N2O3. The van der Waals surface area contributed by atoms with Crippen molar-refractivity contribution in [1.82, 2.24) is 5.32 Å². The zero-order valence-electron chi connectivity index (χ0n) is 11.9. The summed E-state index contributed by atoms with van der Waals surface area (Å²) in [4.78, 5) is 10.6. The number of nitrogens with one attached hydrogen (secondary N) is 1. The molecule has 5 nitrogen and oxygen atoms in total. The molecule has 0 aliphatic heterocycles. The number of nitro groups is 1. The molecule has 1 aliphatic carbocycles. The lowest BCUT2D eigenvalue weighted by molar-refractivity contribution is -0.385. The first-order valence-corrected chi connectivity index (χ1v) is 7.23. The Morgan fingerprint density at radius 3 is 2.90 bits per heavy atom. The monoisotopic (exact) mass is 278 g/mol. The van der Waals surface area contributed by atoms with Crippen molar-refractivity contribution in [3.05, 3.63) is 39.9 Å². The number of para-hydroxylation sites is 1. The number of nitrogens with zero attached hydrogens (tertiary/aromatic N) is 1. The van der Waals surface area contributed by atoms with E-state index in [9.17, 15) is 10.1 Å². The fourth-order valence-electron chi connectivity index (χ4n) is 2.16. The van der Waals surface area contributed by atoms with Crippen LogP contribution in [-0.4, -0.2) is 24.7 Å². The van der Waals surface area contributed by atoms with Gasteiger partial charge in [-0.25, -0.2) is 0 Å². The number of nitro benzene ring substituents is 1. The summed E-state index contributed by atoms with van der Waals surface area (Å²) in [6.45, 7) is 4.40. The van der Waals surface area contributed by atoms with Gasteiger partial charge < -0.3 is 10.1 Å². The van der Waals surface area contributed by atoms with Crippen molar-refractivity contribution in [3.8, 4) is 0 Å². The van der Waals surface area contributed by atoms with E-state index >= 15 is 0 Å². The molecule has 2 rings (SSSR count). The van der Waals surface area contributed by atoms with Gasteiger partial charge in [0, 0.05) is 30.9 Å². The molecular weight excluding hydrogens is 256 g/mol. The minimum atomic E-state index is -0.327. The smallest absolute Gasteiger partial charge is 0.274 e. The van der Waals surface area contributed by atoms with E-state index in [-0.39, 0.29) is 16.7 Å². The Bertz CT molecular complexity index is 446. The minimum absolute atomic E-state index is 0.0277. The Morgan fingerprint density at radius 2 is 2.20 bits per heavy atom. The molecule has 0 radical (unpaired) electrons. The summed E-state index contributed by atoms with van der Waals surface area (Å²) in [5.74, 6) is 0.800. The summed E-state index contributed by atoms with van der Waals surface area (Å²) in [6.07, 6.45) is 3.55. The molecule has 20 heavy (non-hydrogen) atoms. The molecule has 1 N–H and O–H groups in total. The van der Waals surface area contributed by atoms with Crippen molar-refractivity contribution in [3.63, 3.8) is 0 Å². The second-order valence-corrected chi connectivity index (χ2v) is 5.36. The van der Waals surface area contributed by atoms with Gasteiger partial charge in [0.15, 0.2) is 0 Å². The molecule has 0 aromatic heterocycles. The summed E-state index contributed by atoms with van der Waals surface area (Å²) in [6, 6.07) is 6.85. The van der Waals surface area contributed by atoms with Crippen LogP contribution >= 0.6 is 0 Å². The lowest BCUT2D eigenvalue weighted by atomic mass is 10.1. The summed E-state index contributed by atoms with van der Waals surface area (Å²) in [5, 5.41) is 14.3. The maximum absolute atomic E-state index is 11.0. The SMILES string of the molecule is CC(NCCCOCC1CC1)c1ccccc1[N+](=O)[O-]. The van der Waals surface area contributed by atoms with Crippen molar-refractivity contribution >= 4 is 5.69 Å². The highest BCUT2D eigenvalue weighted by molar-refractivity contribution is 5.41. The Kier molecular flexibility index (Phi) is 5.49. The number of rotatable bonds is 9. The second kappa shape index (κ2) is 7.36. The van der Waals surface area contributed by atoms with Crippen molar-refractivity contribution in [2.24, 2.45) is 5.92 Å². The standard InChI is InChI=1S/C15H22N2O3/c1-12(14-5-2-3-6-15(14)17(18)19)16-9-4-10-20-11-13-7-8-13/h2-3,5-6,12-13,16H,4,7-11H2,1H3. The predicted octanol–water partition coefficient (Wildman–Crippen LogP) is 3.06. The van der Waals surface area contributed by atoms with Crippen molar-refractivity contribution < 1.29 is 9.66 Å². The van der Waals surface area contributed by atoms with E-state index in [0.717, 1.165) is 37.7 Å². The number of benzene rings is 1. The summed E-state index contributed by atoms with van der Waals surface area (Å²) in [7, 11) is 0.